The van der Waals surface area contributed by atoms with E-state index >= 15 is 0 Å². The molecule has 44 heavy (non-hydrogen) atoms. The summed E-state index contributed by atoms with van der Waals surface area (Å²) in [6.45, 7) is 7.47. The number of hydrogen-bond acceptors (Lipinski definition) is 8. The van der Waals surface area contributed by atoms with Crippen molar-refractivity contribution < 1.29 is 35.8 Å². The average Bonchev–Trinajstić information content (AvgIpc) is 3.02. The number of morpholine rings is 1. The first-order valence-electron chi connectivity index (χ1n) is 14.3. The van der Waals surface area contributed by atoms with Gasteiger partial charge in [0, 0.05) is 13.1 Å². The molecule has 5 rings (SSSR count). The lowest BCUT2D eigenvalue weighted by atomic mass is 9.86. The standard InChI is InChI=1S/C31H37N3O8S2/c1-31(2,3)23-9-14-28-27(21-23)34(44(38,39)25-7-5-4-6-8-25)22-29(42-28)30(35)32-15-18-41-24-10-12-26(13-11-24)43(36,37)33-16-19-40-20-17-33/h4-14,21,29H,15-20,22H2,1-3H3,(H,32,35). The molecule has 0 spiro atoms. The van der Waals surface area contributed by atoms with Crippen LogP contribution in [0.3, 0.4) is 0 Å². The van der Waals surface area contributed by atoms with Crippen molar-refractivity contribution in [2.45, 2.75) is 42.1 Å². The van der Waals surface area contributed by atoms with Crippen molar-refractivity contribution in [1.82, 2.24) is 9.62 Å². The second-order valence-corrected chi connectivity index (χ2v) is 15.3. The number of carbonyl (C=O) groups excluding carboxylic acids is 1. The van der Waals surface area contributed by atoms with Crippen molar-refractivity contribution in [2.75, 3.05) is 50.3 Å². The Hall–Kier alpha value is -3.65. The van der Waals surface area contributed by atoms with Gasteiger partial charge in [-0.3, -0.25) is 9.10 Å². The molecule has 1 unspecified atom stereocenters. The topological polar surface area (TPSA) is 132 Å². The molecule has 2 aliphatic heterocycles. The number of amides is 1. The molecule has 0 bridgehead atoms. The highest BCUT2D eigenvalue weighted by Crippen LogP contribution is 2.40. The fourth-order valence-corrected chi connectivity index (χ4v) is 7.80. The van der Waals surface area contributed by atoms with E-state index in [-0.39, 0.29) is 34.9 Å². The van der Waals surface area contributed by atoms with E-state index < -0.39 is 32.1 Å². The minimum Gasteiger partial charge on any atom is -0.492 e. The third kappa shape index (κ3) is 6.85. The summed E-state index contributed by atoms with van der Waals surface area (Å²) < 4.78 is 72.7. The highest BCUT2D eigenvalue weighted by Gasteiger charge is 2.38. The van der Waals surface area contributed by atoms with Crippen LogP contribution in [0.1, 0.15) is 26.3 Å². The van der Waals surface area contributed by atoms with Gasteiger partial charge in [0.1, 0.15) is 18.1 Å². The molecule has 3 aromatic rings. The first-order valence-corrected chi connectivity index (χ1v) is 17.2. The summed E-state index contributed by atoms with van der Waals surface area (Å²) >= 11 is 0. The van der Waals surface area contributed by atoms with Crippen LogP contribution in [0.5, 0.6) is 11.5 Å². The van der Waals surface area contributed by atoms with E-state index in [1.54, 1.807) is 42.5 Å². The number of carbonyl (C=O) groups is 1. The molecule has 1 saturated heterocycles. The van der Waals surface area contributed by atoms with Gasteiger partial charge in [-0.1, -0.05) is 45.0 Å². The molecule has 0 aromatic heterocycles. The second kappa shape index (κ2) is 12.8. The van der Waals surface area contributed by atoms with Crippen LogP contribution in [-0.2, 0) is 35.0 Å². The quantitative estimate of drug-likeness (QED) is 0.352. The van der Waals surface area contributed by atoms with Crippen LogP contribution >= 0.6 is 0 Å². The third-order valence-corrected chi connectivity index (χ3v) is 11.1. The van der Waals surface area contributed by atoms with Gasteiger partial charge < -0.3 is 19.5 Å². The van der Waals surface area contributed by atoms with Crippen LogP contribution in [0.15, 0.2) is 82.6 Å². The number of benzene rings is 3. The summed E-state index contributed by atoms with van der Waals surface area (Å²) in [5.41, 5.74) is 1.08. The van der Waals surface area contributed by atoms with Crippen LogP contribution in [0.25, 0.3) is 0 Å². The maximum Gasteiger partial charge on any atom is 0.264 e. The molecule has 0 saturated carbocycles. The number of nitrogens with zero attached hydrogens (tertiary/aromatic N) is 2. The highest BCUT2D eigenvalue weighted by atomic mass is 32.2. The van der Waals surface area contributed by atoms with Crippen LogP contribution < -0.4 is 19.1 Å². The summed E-state index contributed by atoms with van der Waals surface area (Å²) in [6.07, 6.45) is -1.09. The lowest BCUT2D eigenvalue weighted by Crippen LogP contribution is -2.51. The SMILES string of the molecule is CC(C)(C)c1ccc2c(c1)N(S(=O)(=O)c1ccccc1)CC(C(=O)NCCOc1ccc(S(=O)(=O)N3CCOCC3)cc1)O2. The Bertz CT molecular complexity index is 1680. The fraction of sp³-hybridized carbons (Fsp3) is 0.387. The predicted octanol–water partition coefficient (Wildman–Crippen LogP) is 3.16. The first-order chi connectivity index (χ1) is 20.9. The molecular formula is C31H37N3O8S2. The summed E-state index contributed by atoms with van der Waals surface area (Å²) in [5.74, 6) is 0.254. The van der Waals surface area contributed by atoms with Gasteiger partial charge in [0.15, 0.2) is 6.10 Å². The van der Waals surface area contributed by atoms with Gasteiger partial charge >= 0.3 is 0 Å². The Morgan fingerprint density at radius 2 is 1.57 bits per heavy atom. The van der Waals surface area contributed by atoms with E-state index in [0.717, 1.165) is 5.56 Å². The minimum absolute atomic E-state index is 0.103. The Balaban J connectivity index is 1.23. The second-order valence-electron chi connectivity index (χ2n) is 11.5. The molecule has 1 N–H and O–H groups in total. The normalized spacial score (nSPS) is 17.8. The molecule has 11 nitrogen and oxygen atoms in total. The number of anilines is 1. The zero-order valence-corrected chi connectivity index (χ0v) is 26.6. The predicted molar refractivity (Wildman–Crippen MR) is 165 cm³/mol. The van der Waals surface area contributed by atoms with Gasteiger partial charge in [0.05, 0.1) is 41.8 Å². The van der Waals surface area contributed by atoms with Crippen molar-refractivity contribution in [1.29, 1.82) is 0 Å². The summed E-state index contributed by atoms with van der Waals surface area (Å²) in [4.78, 5) is 13.4. The number of fused-ring (bicyclic) bond motifs is 1. The molecular weight excluding hydrogens is 606 g/mol. The average molecular weight is 644 g/mol. The number of ether oxygens (including phenoxy) is 3. The molecule has 1 atom stereocenters. The Labute approximate surface area is 258 Å². The van der Waals surface area contributed by atoms with Crippen LogP contribution in [0.2, 0.25) is 0 Å². The van der Waals surface area contributed by atoms with E-state index in [2.05, 4.69) is 5.32 Å². The molecule has 236 valence electrons. The number of rotatable bonds is 9. The van der Waals surface area contributed by atoms with Gasteiger partial charge in [-0.15, -0.1) is 0 Å². The molecule has 0 aliphatic carbocycles. The number of hydrogen-bond donors (Lipinski definition) is 1. The molecule has 13 heteroatoms. The highest BCUT2D eigenvalue weighted by molar-refractivity contribution is 7.92. The van der Waals surface area contributed by atoms with Gasteiger partial charge in [0.2, 0.25) is 10.0 Å². The Morgan fingerprint density at radius 1 is 0.909 bits per heavy atom. The molecule has 1 fully saturated rings. The minimum atomic E-state index is -3.99. The maximum atomic E-state index is 13.7. The molecule has 2 heterocycles. The lowest BCUT2D eigenvalue weighted by Gasteiger charge is -2.36. The number of sulfonamides is 2. The summed E-state index contributed by atoms with van der Waals surface area (Å²) in [5, 5.41) is 2.75. The lowest BCUT2D eigenvalue weighted by molar-refractivity contribution is -0.127. The zero-order chi connectivity index (χ0) is 31.5. The number of nitrogens with one attached hydrogen (secondary N) is 1. The Kier molecular flexibility index (Phi) is 9.21. The maximum absolute atomic E-state index is 13.7. The van der Waals surface area contributed by atoms with Crippen molar-refractivity contribution in [2.24, 2.45) is 0 Å². The third-order valence-electron chi connectivity index (χ3n) is 7.42. The summed E-state index contributed by atoms with van der Waals surface area (Å²) in [7, 11) is -7.60. The zero-order valence-electron chi connectivity index (χ0n) is 24.9. The Morgan fingerprint density at radius 3 is 2.23 bits per heavy atom. The molecule has 1 amide bonds. The monoisotopic (exact) mass is 643 g/mol. The summed E-state index contributed by atoms with van der Waals surface area (Å²) in [6, 6.07) is 19.6. The van der Waals surface area contributed by atoms with Crippen LogP contribution in [0.4, 0.5) is 5.69 Å². The molecule has 2 aliphatic rings. The van der Waals surface area contributed by atoms with E-state index in [0.29, 0.717) is 43.5 Å². The van der Waals surface area contributed by atoms with Gasteiger partial charge in [-0.05, 0) is 59.5 Å². The molecule has 3 aromatic carbocycles. The van der Waals surface area contributed by atoms with E-state index in [1.165, 1.54) is 32.9 Å². The van der Waals surface area contributed by atoms with Crippen molar-refractivity contribution >= 4 is 31.6 Å². The largest absolute Gasteiger partial charge is 0.492 e. The van der Waals surface area contributed by atoms with Crippen LogP contribution in [-0.4, -0.2) is 79.2 Å². The molecule has 0 radical (unpaired) electrons. The van der Waals surface area contributed by atoms with Gasteiger partial charge in [0.25, 0.3) is 15.9 Å². The van der Waals surface area contributed by atoms with Gasteiger partial charge in [-0.2, -0.15) is 4.31 Å². The van der Waals surface area contributed by atoms with Crippen molar-refractivity contribution in [3.63, 3.8) is 0 Å². The van der Waals surface area contributed by atoms with Crippen molar-refractivity contribution in [3.05, 3.63) is 78.4 Å². The van der Waals surface area contributed by atoms with Gasteiger partial charge in [-0.25, -0.2) is 16.8 Å². The van der Waals surface area contributed by atoms with E-state index in [1.807, 2.05) is 26.8 Å². The van der Waals surface area contributed by atoms with E-state index in [9.17, 15) is 21.6 Å². The fourth-order valence-electron chi connectivity index (χ4n) is 4.90. The smallest absolute Gasteiger partial charge is 0.264 e. The first kappa shape index (κ1) is 31.8. The van der Waals surface area contributed by atoms with Crippen molar-refractivity contribution in [3.8, 4) is 11.5 Å². The van der Waals surface area contributed by atoms with E-state index in [4.69, 9.17) is 14.2 Å². The van der Waals surface area contributed by atoms with Crippen LogP contribution in [0, 0.1) is 0 Å².